The second-order valence-electron chi connectivity index (χ2n) is 3.39. The van der Waals surface area contributed by atoms with Crippen LogP contribution in [0.5, 0.6) is 5.75 Å². The Morgan fingerprint density at radius 2 is 2.33 bits per heavy atom. The highest BCUT2D eigenvalue weighted by molar-refractivity contribution is 6.32. The largest absolute Gasteiger partial charge is 0.482 e. The van der Waals surface area contributed by atoms with E-state index in [0.29, 0.717) is 29.5 Å². The standard InChI is InChI=1S/C12H13ClN2O3/c1-17-5-4-15-12(16)8-18-11-3-2-9(7-14)6-10(11)13/h2-3,6H,4-5,8H2,1H3,(H,15,16). The molecule has 0 aliphatic rings. The van der Waals surface area contributed by atoms with Crippen LogP contribution in [0.1, 0.15) is 5.56 Å². The van der Waals surface area contributed by atoms with Crippen LogP contribution in [0.2, 0.25) is 5.02 Å². The van der Waals surface area contributed by atoms with Gasteiger partial charge in [-0.05, 0) is 18.2 Å². The van der Waals surface area contributed by atoms with Crippen molar-refractivity contribution >= 4 is 17.5 Å². The first kappa shape index (κ1) is 14.3. The second-order valence-corrected chi connectivity index (χ2v) is 3.80. The summed E-state index contributed by atoms with van der Waals surface area (Å²) in [7, 11) is 1.55. The molecule has 0 spiro atoms. The molecule has 0 heterocycles. The first-order chi connectivity index (χ1) is 8.67. The average molecular weight is 269 g/mol. The summed E-state index contributed by atoms with van der Waals surface area (Å²) in [5.74, 6) is 0.116. The number of carbonyl (C=O) groups is 1. The summed E-state index contributed by atoms with van der Waals surface area (Å²) in [5.41, 5.74) is 0.442. The van der Waals surface area contributed by atoms with E-state index < -0.39 is 0 Å². The molecule has 1 amide bonds. The molecule has 1 aromatic rings. The molecule has 0 atom stereocenters. The fraction of sp³-hybridized carbons (Fsp3) is 0.333. The minimum absolute atomic E-state index is 0.130. The summed E-state index contributed by atoms with van der Waals surface area (Å²) in [4.78, 5) is 11.3. The number of benzene rings is 1. The van der Waals surface area contributed by atoms with E-state index in [9.17, 15) is 4.79 Å². The van der Waals surface area contributed by atoms with Crippen molar-refractivity contribution < 1.29 is 14.3 Å². The Kier molecular flexibility index (Phi) is 5.98. The lowest BCUT2D eigenvalue weighted by atomic mass is 10.2. The van der Waals surface area contributed by atoms with Crippen LogP contribution < -0.4 is 10.1 Å². The van der Waals surface area contributed by atoms with Gasteiger partial charge < -0.3 is 14.8 Å². The van der Waals surface area contributed by atoms with Crippen molar-refractivity contribution in [2.75, 3.05) is 26.9 Å². The van der Waals surface area contributed by atoms with Gasteiger partial charge in [-0.3, -0.25) is 4.79 Å². The molecule has 6 heteroatoms. The zero-order valence-corrected chi connectivity index (χ0v) is 10.7. The Bertz CT molecular complexity index is 457. The lowest BCUT2D eigenvalue weighted by Crippen LogP contribution is -2.31. The van der Waals surface area contributed by atoms with E-state index in [-0.39, 0.29) is 12.5 Å². The summed E-state index contributed by atoms with van der Waals surface area (Å²) in [6.07, 6.45) is 0. The van der Waals surface area contributed by atoms with Crippen molar-refractivity contribution in [1.82, 2.24) is 5.32 Å². The summed E-state index contributed by atoms with van der Waals surface area (Å²) in [5, 5.41) is 11.6. The van der Waals surface area contributed by atoms with E-state index in [4.69, 9.17) is 26.3 Å². The molecule has 0 saturated heterocycles. The van der Waals surface area contributed by atoms with E-state index in [0.717, 1.165) is 0 Å². The first-order valence-corrected chi connectivity index (χ1v) is 5.63. The van der Waals surface area contributed by atoms with E-state index in [2.05, 4.69) is 5.32 Å². The first-order valence-electron chi connectivity index (χ1n) is 5.25. The summed E-state index contributed by atoms with van der Waals surface area (Å²) in [6.45, 7) is 0.749. The molecule has 0 fully saturated rings. The van der Waals surface area contributed by atoms with Gasteiger partial charge in [0.05, 0.1) is 23.3 Å². The van der Waals surface area contributed by atoms with Crippen LogP contribution in [0.3, 0.4) is 0 Å². The third kappa shape index (κ3) is 4.62. The molecule has 0 aliphatic heterocycles. The molecule has 1 rings (SSSR count). The van der Waals surface area contributed by atoms with Crippen LogP contribution in [-0.2, 0) is 9.53 Å². The molecule has 0 bridgehead atoms. The van der Waals surface area contributed by atoms with Gasteiger partial charge in [-0.2, -0.15) is 5.26 Å². The van der Waals surface area contributed by atoms with Crippen molar-refractivity contribution in [3.63, 3.8) is 0 Å². The van der Waals surface area contributed by atoms with Crippen LogP contribution in [0.25, 0.3) is 0 Å². The molecular weight excluding hydrogens is 256 g/mol. The van der Waals surface area contributed by atoms with E-state index >= 15 is 0 Å². The van der Waals surface area contributed by atoms with E-state index in [1.54, 1.807) is 19.2 Å². The van der Waals surface area contributed by atoms with Crippen LogP contribution in [0.15, 0.2) is 18.2 Å². The minimum atomic E-state index is -0.257. The lowest BCUT2D eigenvalue weighted by Gasteiger charge is -2.08. The molecule has 0 unspecified atom stereocenters. The Morgan fingerprint density at radius 1 is 1.56 bits per heavy atom. The highest BCUT2D eigenvalue weighted by Crippen LogP contribution is 2.24. The molecule has 1 aromatic carbocycles. The number of nitrogens with zero attached hydrogens (tertiary/aromatic N) is 1. The van der Waals surface area contributed by atoms with Gasteiger partial charge in [0.1, 0.15) is 5.75 Å². The molecule has 0 aromatic heterocycles. The normalized spacial score (nSPS) is 9.61. The summed E-state index contributed by atoms with van der Waals surface area (Å²) in [6, 6.07) is 6.58. The van der Waals surface area contributed by atoms with Crippen molar-refractivity contribution in [1.29, 1.82) is 5.26 Å². The SMILES string of the molecule is COCCNC(=O)COc1ccc(C#N)cc1Cl. The zero-order valence-electron chi connectivity index (χ0n) is 9.90. The van der Waals surface area contributed by atoms with Crippen molar-refractivity contribution in [2.24, 2.45) is 0 Å². The Labute approximate surface area is 110 Å². The van der Waals surface area contributed by atoms with Gasteiger partial charge >= 0.3 is 0 Å². The lowest BCUT2D eigenvalue weighted by molar-refractivity contribution is -0.123. The number of nitrogens with one attached hydrogen (secondary N) is 1. The molecule has 96 valence electrons. The third-order valence-corrected chi connectivity index (χ3v) is 2.34. The maximum Gasteiger partial charge on any atom is 0.258 e. The maximum absolute atomic E-state index is 11.3. The molecule has 0 aliphatic carbocycles. The van der Waals surface area contributed by atoms with E-state index in [1.165, 1.54) is 6.07 Å². The number of ether oxygens (including phenoxy) is 2. The Balaban J connectivity index is 2.44. The highest BCUT2D eigenvalue weighted by Gasteiger charge is 2.06. The smallest absolute Gasteiger partial charge is 0.258 e. The fourth-order valence-electron chi connectivity index (χ4n) is 1.17. The van der Waals surface area contributed by atoms with Gasteiger partial charge in [-0.1, -0.05) is 11.6 Å². The number of methoxy groups -OCH3 is 1. The number of carbonyl (C=O) groups excluding carboxylic acids is 1. The molecule has 0 saturated carbocycles. The number of hydrogen-bond donors (Lipinski definition) is 1. The Morgan fingerprint density at radius 3 is 2.94 bits per heavy atom. The quantitative estimate of drug-likeness (QED) is 0.791. The highest BCUT2D eigenvalue weighted by atomic mass is 35.5. The minimum Gasteiger partial charge on any atom is -0.482 e. The maximum atomic E-state index is 11.3. The zero-order chi connectivity index (χ0) is 13.4. The van der Waals surface area contributed by atoms with Crippen molar-refractivity contribution in [3.05, 3.63) is 28.8 Å². The number of nitriles is 1. The van der Waals surface area contributed by atoms with E-state index in [1.807, 2.05) is 6.07 Å². The topological polar surface area (TPSA) is 71.3 Å². The number of hydrogen-bond acceptors (Lipinski definition) is 4. The summed E-state index contributed by atoms with van der Waals surface area (Å²) >= 11 is 5.89. The average Bonchev–Trinajstić information content (AvgIpc) is 2.37. The Hall–Kier alpha value is -1.77. The number of halogens is 1. The molecule has 1 N–H and O–H groups in total. The second kappa shape index (κ2) is 7.54. The predicted molar refractivity (Wildman–Crippen MR) is 66.5 cm³/mol. The molecular formula is C12H13ClN2O3. The van der Waals surface area contributed by atoms with Crippen molar-refractivity contribution in [3.8, 4) is 11.8 Å². The van der Waals surface area contributed by atoms with Gasteiger partial charge in [-0.15, -0.1) is 0 Å². The van der Waals surface area contributed by atoms with Crippen LogP contribution in [0.4, 0.5) is 0 Å². The molecule has 5 nitrogen and oxygen atoms in total. The van der Waals surface area contributed by atoms with Gasteiger partial charge in [0.2, 0.25) is 0 Å². The van der Waals surface area contributed by atoms with Gasteiger partial charge in [0, 0.05) is 13.7 Å². The van der Waals surface area contributed by atoms with Crippen LogP contribution in [-0.4, -0.2) is 32.8 Å². The predicted octanol–water partition coefficient (Wildman–Crippen LogP) is 1.35. The molecule has 18 heavy (non-hydrogen) atoms. The fourth-order valence-corrected chi connectivity index (χ4v) is 1.41. The van der Waals surface area contributed by atoms with Crippen LogP contribution >= 0.6 is 11.6 Å². The van der Waals surface area contributed by atoms with Gasteiger partial charge in [0.25, 0.3) is 5.91 Å². The third-order valence-electron chi connectivity index (χ3n) is 2.05. The number of rotatable bonds is 6. The van der Waals surface area contributed by atoms with Gasteiger partial charge in [0.15, 0.2) is 6.61 Å². The van der Waals surface area contributed by atoms with Crippen LogP contribution in [0, 0.1) is 11.3 Å². The van der Waals surface area contributed by atoms with Crippen molar-refractivity contribution in [2.45, 2.75) is 0 Å². The molecule has 0 radical (unpaired) electrons. The summed E-state index contributed by atoms with van der Waals surface area (Å²) < 4.78 is 10.0. The number of amides is 1. The van der Waals surface area contributed by atoms with Gasteiger partial charge in [-0.25, -0.2) is 0 Å². The monoisotopic (exact) mass is 268 g/mol.